The summed E-state index contributed by atoms with van der Waals surface area (Å²) in [6.07, 6.45) is 2.41. The van der Waals surface area contributed by atoms with Crippen LogP contribution in [0.25, 0.3) is 0 Å². The van der Waals surface area contributed by atoms with Gasteiger partial charge in [-0.05, 0) is 30.7 Å². The highest BCUT2D eigenvalue weighted by Gasteiger charge is 2.28. The molecule has 2 unspecified atom stereocenters. The van der Waals surface area contributed by atoms with Crippen molar-refractivity contribution in [1.29, 1.82) is 0 Å². The maximum absolute atomic E-state index is 5.23. The third-order valence-corrected chi connectivity index (χ3v) is 3.37. The molecular formula is C12H27NO. The number of hydrogen-bond donors (Lipinski definition) is 1. The second-order valence-corrected chi connectivity index (χ2v) is 4.54. The maximum Gasteiger partial charge on any atom is 0.0493 e. The summed E-state index contributed by atoms with van der Waals surface area (Å²) in [4.78, 5) is 0. The van der Waals surface area contributed by atoms with Crippen LogP contribution >= 0.6 is 0 Å². The van der Waals surface area contributed by atoms with Crippen molar-refractivity contribution in [3.63, 3.8) is 0 Å². The molecule has 0 amide bonds. The van der Waals surface area contributed by atoms with Crippen LogP contribution in [0.2, 0.25) is 0 Å². The summed E-state index contributed by atoms with van der Waals surface area (Å²) in [6, 6.07) is 0. The second-order valence-electron chi connectivity index (χ2n) is 4.54. The normalized spacial score (nSPS) is 17.8. The first kappa shape index (κ1) is 13.9. The van der Waals surface area contributed by atoms with Gasteiger partial charge in [0, 0.05) is 20.3 Å². The molecule has 2 heteroatoms. The summed E-state index contributed by atoms with van der Waals surface area (Å²) in [5.74, 6) is 0.613. The number of nitrogens with one attached hydrogen (secondary N) is 1. The largest absolute Gasteiger partial charge is 0.384 e. The lowest BCUT2D eigenvalue weighted by Crippen LogP contribution is -2.38. The molecule has 2 atom stereocenters. The number of ether oxygens (including phenoxy) is 1. The molecule has 0 saturated heterocycles. The van der Waals surface area contributed by atoms with Crippen molar-refractivity contribution in [2.24, 2.45) is 11.3 Å². The van der Waals surface area contributed by atoms with Crippen LogP contribution in [0.4, 0.5) is 0 Å². The highest BCUT2D eigenvalue weighted by atomic mass is 16.5. The van der Waals surface area contributed by atoms with Crippen LogP contribution in [0.1, 0.15) is 40.5 Å². The minimum absolute atomic E-state index is 0.366. The topological polar surface area (TPSA) is 21.3 Å². The van der Waals surface area contributed by atoms with Crippen molar-refractivity contribution >= 4 is 0 Å². The highest BCUT2D eigenvalue weighted by molar-refractivity contribution is 4.80. The summed E-state index contributed by atoms with van der Waals surface area (Å²) < 4.78 is 5.23. The molecule has 86 valence electrons. The minimum atomic E-state index is 0.366. The van der Waals surface area contributed by atoms with Crippen LogP contribution in [0.15, 0.2) is 0 Å². The zero-order valence-electron chi connectivity index (χ0n) is 10.5. The average molecular weight is 201 g/mol. The van der Waals surface area contributed by atoms with E-state index in [0.717, 1.165) is 19.7 Å². The van der Waals surface area contributed by atoms with Gasteiger partial charge in [0.15, 0.2) is 0 Å². The molecule has 0 rings (SSSR count). The van der Waals surface area contributed by atoms with Crippen LogP contribution in [0.5, 0.6) is 0 Å². The molecule has 2 nitrogen and oxygen atoms in total. The van der Waals surface area contributed by atoms with E-state index < -0.39 is 0 Å². The van der Waals surface area contributed by atoms with Crippen molar-refractivity contribution in [3.8, 4) is 0 Å². The molecule has 0 spiro atoms. The zero-order chi connectivity index (χ0) is 11.0. The molecule has 0 heterocycles. The highest BCUT2D eigenvalue weighted by Crippen LogP contribution is 2.30. The first-order valence-electron chi connectivity index (χ1n) is 5.80. The van der Waals surface area contributed by atoms with Gasteiger partial charge in [0.2, 0.25) is 0 Å². The molecule has 0 fully saturated rings. The van der Waals surface area contributed by atoms with E-state index in [4.69, 9.17) is 4.74 Å². The molecule has 0 aliphatic carbocycles. The summed E-state index contributed by atoms with van der Waals surface area (Å²) in [5, 5.41) is 3.51. The molecule has 0 radical (unpaired) electrons. The molecule has 0 aromatic rings. The van der Waals surface area contributed by atoms with Gasteiger partial charge in [0.05, 0.1) is 0 Å². The predicted molar refractivity (Wildman–Crippen MR) is 62.6 cm³/mol. The van der Waals surface area contributed by atoms with Crippen molar-refractivity contribution in [2.45, 2.75) is 40.5 Å². The van der Waals surface area contributed by atoms with Crippen molar-refractivity contribution < 1.29 is 4.74 Å². The van der Waals surface area contributed by atoms with Crippen molar-refractivity contribution in [2.75, 3.05) is 26.8 Å². The van der Waals surface area contributed by atoms with E-state index in [1.165, 1.54) is 12.8 Å². The van der Waals surface area contributed by atoms with Crippen LogP contribution in [0.3, 0.4) is 0 Å². The molecule has 0 aromatic heterocycles. The molecule has 1 N–H and O–H groups in total. The van der Waals surface area contributed by atoms with Gasteiger partial charge in [-0.25, -0.2) is 0 Å². The summed E-state index contributed by atoms with van der Waals surface area (Å²) in [6.45, 7) is 12.2. The standard InChI is InChI=1S/C12H27NO/c1-6-8-13-10-12(4,7-2)11(3)9-14-5/h11,13H,6-10H2,1-5H3. The third kappa shape index (κ3) is 4.43. The van der Waals surface area contributed by atoms with E-state index in [2.05, 4.69) is 33.0 Å². The van der Waals surface area contributed by atoms with Crippen LogP contribution in [-0.2, 0) is 4.74 Å². The predicted octanol–water partition coefficient (Wildman–Crippen LogP) is 2.68. The van der Waals surface area contributed by atoms with Crippen molar-refractivity contribution in [1.82, 2.24) is 5.32 Å². The maximum atomic E-state index is 5.23. The fraction of sp³-hybridized carbons (Fsp3) is 1.00. The van der Waals surface area contributed by atoms with Gasteiger partial charge in [-0.2, -0.15) is 0 Å². The zero-order valence-corrected chi connectivity index (χ0v) is 10.5. The van der Waals surface area contributed by atoms with E-state index >= 15 is 0 Å². The SMILES string of the molecule is CCCNCC(C)(CC)C(C)COC. The van der Waals surface area contributed by atoms with Gasteiger partial charge in [-0.1, -0.05) is 27.7 Å². The Bertz CT molecular complexity index is 138. The lowest BCUT2D eigenvalue weighted by Gasteiger charge is -2.34. The van der Waals surface area contributed by atoms with Crippen LogP contribution in [0, 0.1) is 11.3 Å². The second kappa shape index (κ2) is 7.24. The molecule has 0 aromatic carbocycles. The number of hydrogen-bond acceptors (Lipinski definition) is 2. The number of rotatable bonds is 8. The monoisotopic (exact) mass is 201 g/mol. The molecule has 0 aliphatic rings. The molecule has 0 saturated carbocycles. The average Bonchev–Trinajstić information content (AvgIpc) is 2.18. The Kier molecular flexibility index (Phi) is 7.20. The van der Waals surface area contributed by atoms with Gasteiger partial charge >= 0.3 is 0 Å². The summed E-state index contributed by atoms with van der Waals surface area (Å²) >= 11 is 0. The third-order valence-electron chi connectivity index (χ3n) is 3.37. The Hall–Kier alpha value is -0.0800. The molecule has 0 aliphatic heterocycles. The first-order chi connectivity index (χ1) is 6.60. The Morgan fingerprint density at radius 1 is 1.36 bits per heavy atom. The minimum Gasteiger partial charge on any atom is -0.384 e. The smallest absolute Gasteiger partial charge is 0.0493 e. The summed E-state index contributed by atoms with van der Waals surface area (Å²) in [5.41, 5.74) is 0.366. The number of methoxy groups -OCH3 is 1. The van der Waals surface area contributed by atoms with E-state index in [-0.39, 0.29) is 0 Å². The van der Waals surface area contributed by atoms with Crippen LogP contribution in [-0.4, -0.2) is 26.8 Å². The van der Waals surface area contributed by atoms with Crippen molar-refractivity contribution in [3.05, 3.63) is 0 Å². The van der Waals surface area contributed by atoms with Gasteiger partial charge in [0.25, 0.3) is 0 Å². The Morgan fingerprint density at radius 3 is 2.43 bits per heavy atom. The first-order valence-corrected chi connectivity index (χ1v) is 5.80. The quantitative estimate of drug-likeness (QED) is 0.610. The van der Waals surface area contributed by atoms with Gasteiger partial charge in [-0.15, -0.1) is 0 Å². The van der Waals surface area contributed by atoms with Gasteiger partial charge < -0.3 is 10.1 Å². The Morgan fingerprint density at radius 2 is 2.00 bits per heavy atom. The van der Waals surface area contributed by atoms with Gasteiger partial charge in [-0.3, -0.25) is 0 Å². The van der Waals surface area contributed by atoms with E-state index in [0.29, 0.717) is 11.3 Å². The lowest BCUT2D eigenvalue weighted by atomic mass is 9.76. The Labute approximate surface area is 89.4 Å². The fourth-order valence-electron chi connectivity index (χ4n) is 1.65. The molecule has 14 heavy (non-hydrogen) atoms. The van der Waals surface area contributed by atoms with Crippen LogP contribution < -0.4 is 5.32 Å². The van der Waals surface area contributed by atoms with E-state index in [1.807, 2.05) is 0 Å². The van der Waals surface area contributed by atoms with E-state index in [9.17, 15) is 0 Å². The van der Waals surface area contributed by atoms with E-state index in [1.54, 1.807) is 7.11 Å². The molecular weight excluding hydrogens is 174 g/mol. The fourth-order valence-corrected chi connectivity index (χ4v) is 1.65. The molecule has 0 bridgehead atoms. The van der Waals surface area contributed by atoms with Gasteiger partial charge in [0.1, 0.15) is 0 Å². The Balaban J connectivity index is 4.01. The lowest BCUT2D eigenvalue weighted by molar-refractivity contribution is 0.0774. The summed E-state index contributed by atoms with van der Waals surface area (Å²) in [7, 11) is 1.78.